The van der Waals surface area contributed by atoms with E-state index < -0.39 is 0 Å². The number of anilines is 3. The summed E-state index contributed by atoms with van der Waals surface area (Å²) in [6, 6.07) is 13.1. The van der Waals surface area contributed by atoms with E-state index in [1.165, 1.54) is 0 Å². The van der Waals surface area contributed by atoms with Crippen LogP contribution in [0.4, 0.5) is 17.1 Å². The molecule has 5 heteroatoms. The SMILES string of the molecule is N#Cc1ccc(Br)cc1Nc1cc(Br)ccc1N. The lowest BCUT2D eigenvalue weighted by Crippen LogP contribution is -1.98. The molecule has 0 unspecified atom stereocenters. The molecule has 0 amide bonds. The fourth-order valence-electron chi connectivity index (χ4n) is 1.50. The van der Waals surface area contributed by atoms with Crippen molar-refractivity contribution in [2.45, 2.75) is 0 Å². The topological polar surface area (TPSA) is 61.8 Å². The molecule has 90 valence electrons. The van der Waals surface area contributed by atoms with Gasteiger partial charge in [0.25, 0.3) is 0 Å². The number of halogens is 2. The van der Waals surface area contributed by atoms with E-state index in [-0.39, 0.29) is 0 Å². The number of nitrogen functional groups attached to an aromatic ring is 1. The van der Waals surface area contributed by atoms with E-state index in [0.717, 1.165) is 20.3 Å². The molecule has 2 rings (SSSR count). The van der Waals surface area contributed by atoms with Gasteiger partial charge < -0.3 is 11.1 Å². The van der Waals surface area contributed by atoms with Gasteiger partial charge in [-0.25, -0.2) is 0 Å². The third-order valence-electron chi connectivity index (χ3n) is 2.39. The molecule has 0 spiro atoms. The van der Waals surface area contributed by atoms with Gasteiger partial charge in [0.05, 0.1) is 22.6 Å². The Hall–Kier alpha value is -1.51. The number of nitrogens with one attached hydrogen (secondary N) is 1. The lowest BCUT2D eigenvalue weighted by atomic mass is 10.2. The summed E-state index contributed by atoms with van der Waals surface area (Å²) in [5, 5.41) is 12.2. The van der Waals surface area contributed by atoms with E-state index in [4.69, 9.17) is 11.0 Å². The Bertz CT molecular complexity index is 633. The van der Waals surface area contributed by atoms with Crippen molar-refractivity contribution in [3.8, 4) is 6.07 Å². The Kier molecular flexibility index (Phi) is 3.90. The van der Waals surface area contributed by atoms with E-state index in [0.29, 0.717) is 11.3 Å². The molecule has 0 saturated heterocycles. The summed E-state index contributed by atoms with van der Waals surface area (Å²) >= 11 is 6.77. The highest BCUT2D eigenvalue weighted by Crippen LogP contribution is 2.29. The van der Waals surface area contributed by atoms with Crippen LogP contribution in [-0.4, -0.2) is 0 Å². The predicted molar refractivity (Wildman–Crippen MR) is 80.7 cm³/mol. The van der Waals surface area contributed by atoms with Crippen LogP contribution < -0.4 is 11.1 Å². The summed E-state index contributed by atoms with van der Waals surface area (Å²) in [6.07, 6.45) is 0. The fraction of sp³-hybridized carbons (Fsp3) is 0. The van der Waals surface area contributed by atoms with Crippen molar-refractivity contribution < 1.29 is 0 Å². The maximum atomic E-state index is 9.07. The van der Waals surface area contributed by atoms with Crippen molar-refractivity contribution in [3.63, 3.8) is 0 Å². The van der Waals surface area contributed by atoms with Gasteiger partial charge in [-0.3, -0.25) is 0 Å². The highest BCUT2D eigenvalue weighted by molar-refractivity contribution is 9.10. The minimum absolute atomic E-state index is 0.567. The zero-order valence-corrected chi connectivity index (χ0v) is 12.4. The van der Waals surface area contributed by atoms with E-state index >= 15 is 0 Å². The minimum atomic E-state index is 0.567. The molecule has 18 heavy (non-hydrogen) atoms. The first-order chi connectivity index (χ1) is 8.60. The number of rotatable bonds is 2. The van der Waals surface area contributed by atoms with Crippen molar-refractivity contribution in [2.24, 2.45) is 0 Å². The summed E-state index contributed by atoms with van der Waals surface area (Å²) < 4.78 is 1.82. The van der Waals surface area contributed by atoms with Gasteiger partial charge in [0.1, 0.15) is 6.07 Å². The average molecular weight is 367 g/mol. The third-order valence-corrected chi connectivity index (χ3v) is 3.37. The average Bonchev–Trinajstić information content (AvgIpc) is 2.34. The standard InChI is InChI=1S/C13H9Br2N3/c14-9-2-1-8(7-16)12(5-9)18-13-6-10(15)3-4-11(13)17/h1-6,18H,17H2. The molecule has 0 fully saturated rings. The maximum absolute atomic E-state index is 9.07. The monoisotopic (exact) mass is 365 g/mol. The van der Waals surface area contributed by atoms with Crippen LogP contribution in [0.15, 0.2) is 45.3 Å². The molecule has 2 aromatic carbocycles. The highest BCUT2D eigenvalue weighted by Gasteiger charge is 2.06. The van der Waals surface area contributed by atoms with Crippen LogP contribution in [0.25, 0.3) is 0 Å². The van der Waals surface area contributed by atoms with Gasteiger partial charge >= 0.3 is 0 Å². The first-order valence-corrected chi connectivity index (χ1v) is 6.70. The number of hydrogen-bond acceptors (Lipinski definition) is 3. The van der Waals surface area contributed by atoms with Crippen LogP contribution in [0, 0.1) is 11.3 Å². The molecule has 0 heterocycles. The number of nitrogens with two attached hydrogens (primary N) is 1. The highest BCUT2D eigenvalue weighted by atomic mass is 79.9. The van der Waals surface area contributed by atoms with Crippen LogP contribution in [0.1, 0.15) is 5.56 Å². The second kappa shape index (κ2) is 5.42. The summed E-state index contributed by atoms with van der Waals surface area (Å²) in [5.41, 5.74) is 8.57. The Morgan fingerprint density at radius 2 is 1.61 bits per heavy atom. The summed E-state index contributed by atoms with van der Waals surface area (Å²) in [6.45, 7) is 0. The molecule has 0 atom stereocenters. The molecule has 0 aromatic heterocycles. The van der Waals surface area contributed by atoms with Gasteiger partial charge in [0.15, 0.2) is 0 Å². The summed E-state index contributed by atoms with van der Waals surface area (Å²) in [7, 11) is 0. The molecule has 0 aliphatic heterocycles. The van der Waals surface area contributed by atoms with Gasteiger partial charge in [-0.2, -0.15) is 5.26 Å². The number of hydrogen-bond donors (Lipinski definition) is 2. The van der Waals surface area contributed by atoms with Crippen LogP contribution >= 0.6 is 31.9 Å². The van der Waals surface area contributed by atoms with Gasteiger partial charge in [-0.05, 0) is 36.4 Å². The number of nitriles is 1. The second-order valence-corrected chi connectivity index (χ2v) is 5.49. The van der Waals surface area contributed by atoms with Crippen molar-refractivity contribution >= 4 is 48.9 Å². The largest absolute Gasteiger partial charge is 0.397 e. The second-order valence-electron chi connectivity index (χ2n) is 3.66. The van der Waals surface area contributed by atoms with Crippen molar-refractivity contribution in [1.82, 2.24) is 0 Å². The predicted octanol–water partition coefficient (Wildman–Crippen LogP) is 4.41. The minimum Gasteiger partial charge on any atom is -0.397 e. The Balaban J connectivity index is 2.43. The normalized spacial score (nSPS) is 9.83. The lowest BCUT2D eigenvalue weighted by molar-refractivity contribution is 1.45. The molecule has 3 nitrogen and oxygen atoms in total. The van der Waals surface area contributed by atoms with Crippen LogP contribution in [0.2, 0.25) is 0 Å². The molecule has 2 aromatic rings. The molecular weight excluding hydrogens is 358 g/mol. The van der Waals surface area contributed by atoms with E-state index in [1.807, 2.05) is 24.3 Å². The van der Waals surface area contributed by atoms with Crippen LogP contribution in [0.3, 0.4) is 0 Å². The molecule has 3 N–H and O–H groups in total. The quantitative estimate of drug-likeness (QED) is 0.774. The van der Waals surface area contributed by atoms with E-state index in [2.05, 4.69) is 43.2 Å². The Morgan fingerprint density at radius 3 is 2.28 bits per heavy atom. The van der Waals surface area contributed by atoms with E-state index in [9.17, 15) is 0 Å². The maximum Gasteiger partial charge on any atom is 0.101 e. The van der Waals surface area contributed by atoms with Gasteiger partial charge in [0.2, 0.25) is 0 Å². The molecule has 0 radical (unpaired) electrons. The van der Waals surface area contributed by atoms with E-state index in [1.54, 1.807) is 12.1 Å². The molecule has 0 aliphatic carbocycles. The molecule has 0 bridgehead atoms. The first-order valence-electron chi connectivity index (χ1n) is 5.12. The first kappa shape index (κ1) is 12.9. The van der Waals surface area contributed by atoms with Crippen molar-refractivity contribution in [2.75, 3.05) is 11.1 Å². The summed E-state index contributed by atoms with van der Waals surface area (Å²) in [4.78, 5) is 0. The fourth-order valence-corrected chi connectivity index (χ4v) is 2.22. The van der Waals surface area contributed by atoms with Crippen molar-refractivity contribution in [1.29, 1.82) is 5.26 Å². The molecule has 0 saturated carbocycles. The van der Waals surface area contributed by atoms with Crippen LogP contribution in [0.5, 0.6) is 0 Å². The van der Waals surface area contributed by atoms with Crippen LogP contribution in [-0.2, 0) is 0 Å². The van der Waals surface area contributed by atoms with Crippen molar-refractivity contribution in [3.05, 3.63) is 50.9 Å². The number of nitrogens with zero attached hydrogens (tertiary/aromatic N) is 1. The van der Waals surface area contributed by atoms with Gasteiger partial charge in [-0.1, -0.05) is 31.9 Å². The smallest absolute Gasteiger partial charge is 0.101 e. The number of benzene rings is 2. The Morgan fingerprint density at radius 1 is 1.00 bits per heavy atom. The lowest BCUT2D eigenvalue weighted by Gasteiger charge is -2.11. The third kappa shape index (κ3) is 2.84. The Labute approximate surface area is 122 Å². The van der Waals surface area contributed by atoms with Gasteiger partial charge in [0, 0.05) is 8.95 Å². The van der Waals surface area contributed by atoms with Gasteiger partial charge in [-0.15, -0.1) is 0 Å². The summed E-state index contributed by atoms with van der Waals surface area (Å²) in [5.74, 6) is 0. The molecular formula is C13H9Br2N3. The zero-order chi connectivity index (χ0) is 13.1. The molecule has 0 aliphatic rings. The zero-order valence-electron chi connectivity index (χ0n) is 9.24.